The van der Waals surface area contributed by atoms with Crippen LogP contribution in [0.2, 0.25) is 0 Å². The molecule has 0 aliphatic heterocycles. The number of aromatic nitrogens is 1. The number of aliphatic hydroxyl groups is 1. The predicted octanol–water partition coefficient (Wildman–Crippen LogP) is 6.62. The number of para-hydroxylation sites is 1. The molecular weight excluding hydrogens is 472 g/mol. The Morgan fingerprint density at radius 1 is 0.842 bits per heavy atom. The maximum atomic E-state index is 11.8. The number of amides is 1. The van der Waals surface area contributed by atoms with Gasteiger partial charge in [-0.3, -0.25) is 4.79 Å². The van der Waals surface area contributed by atoms with Gasteiger partial charge >= 0.3 is 0 Å². The zero-order chi connectivity index (χ0) is 26.9. The van der Waals surface area contributed by atoms with Gasteiger partial charge in [0, 0.05) is 30.8 Å². The maximum absolute atomic E-state index is 11.8. The molecule has 0 atom stereocenters. The van der Waals surface area contributed by atoms with Gasteiger partial charge < -0.3 is 20.1 Å². The van der Waals surface area contributed by atoms with E-state index in [-0.39, 0.29) is 6.61 Å². The van der Waals surface area contributed by atoms with Crippen LogP contribution in [0.4, 0.5) is 0 Å². The number of fused-ring (bicyclic) bond motifs is 1. The van der Waals surface area contributed by atoms with Gasteiger partial charge in [0.2, 0.25) is 0 Å². The van der Waals surface area contributed by atoms with E-state index in [0.29, 0.717) is 17.9 Å². The van der Waals surface area contributed by atoms with Crippen LogP contribution >= 0.6 is 0 Å². The Morgan fingerprint density at radius 3 is 2.21 bits per heavy atom. The molecule has 5 nitrogen and oxygen atoms in total. The third-order valence-electron chi connectivity index (χ3n) is 6.37. The summed E-state index contributed by atoms with van der Waals surface area (Å²) in [7, 11) is 2.03. The fourth-order valence-corrected chi connectivity index (χ4v) is 4.49. The highest BCUT2D eigenvalue weighted by Gasteiger charge is 2.12. The van der Waals surface area contributed by atoms with Crippen LogP contribution in [0, 0.1) is 0 Å². The Balaban J connectivity index is 0.000000216. The van der Waals surface area contributed by atoms with Gasteiger partial charge in [0.05, 0.1) is 12.2 Å². The monoisotopic (exact) mass is 506 g/mol. The van der Waals surface area contributed by atoms with E-state index in [1.807, 2.05) is 68.6 Å². The van der Waals surface area contributed by atoms with Gasteiger partial charge in [0.25, 0.3) is 5.91 Å². The number of rotatable bonds is 8. The number of ether oxygens (including phenoxy) is 1. The Labute approximate surface area is 224 Å². The fourth-order valence-electron chi connectivity index (χ4n) is 4.49. The van der Waals surface area contributed by atoms with Crippen LogP contribution in [-0.2, 0) is 13.5 Å². The SMILES string of the molecule is CCCOc1ccc(-c2cccc(-c3ccccc3)c2)cc1C(N)=O.Cn1cc(CCO)c2ccccc21. The van der Waals surface area contributed by atoms with Crippen LogP contribution < -0.4 is 10.5 Å². The highest BCUT2D eigenvalue weighted by Crippen LogP contribution is 2.30. The first-order valence-electron chi connectivity index (χ1n) is 12.9. The number of hydrogen-bond acceptors (Lipinski definition) is 3. The molecule has 38 heavy (non-hydrogen) atoms. The Morgan fingerprint density at radius 2 is 1.50 bits per heavy atom. The first kappa shape index (κ1) is 26.7. The summed E-state index contributed by atoms with van der Waals surface area (Å²) < 4.78 is 7.73. The van der Waals surface area contributed by atoms with Gasteiger partial charge in [-0.1, -0.05) is 79.7 Å². The number of carbonyl (C=O) groups excluding carboxylic acids is 1. The Bertz CT molecular complexity index is 1510. The second kappa shape index (κ2) is 12.7. The molecule has 0 radical (unpaired) electrons. The lowest BCUT2D eigenvalue weighted by atomic mass is 9.97. The average molecular weight is 507 g/mol. The minimum absolute atomic E-state index is 0.216. The van der Waals surface area contributed by atoms with Crippen LogP contribution in [0.1, 0.15) is 29.3 Å². The van der Waals surface area contributed by atoms with E-state index in [1.165, 1.54) is 16.5 Å². The second-order valence-electron chi connectivity index (χ2n) is 9.13. The molecule has 0 saturated carbocycles. The van der Waals surface area contributed by atoms with E-state index in [4.69, 9.17) is 15.6 Å². The summed E-state index contributed by atoms with van der Waals surface area (Å²) in [6, 6.07) is 32.3. The molecule has 0 fully saturated rings. The number of hydrogen-bond donors (Lipinski definition) is 2. The standard InChI is InChI=1S/C22H21NO2.C11H13NO/c1-2-13-25-21-12-11-19(15-20(21)22(23)24)18-10-6-9-17(14-18)16-7-4-3-5-8-16;1-12-8-9(6-7-13)10-4-2-3-5-11(10)12/h3-12,14-15H,2,13H2,1H3,(H2,23,24);2-5,8,13H,6-7H2,1H3. The van der Waals surface area contributed by atoms with Gasteiger partial charge in [-0.05, 0) is 64.9 Å². The minimum Gasteiger partial charge on any atom is -0.493 e. The molecule has 0 unspecified atom stereocenters. The lowest BCUT2D eigenvalue weighted by Crippen LogP contribution is -2.13. The Hall–Kier alpha value is -4.35. The molecule has 1 heterocycles. The lowest BCUT2D eigenvalue weighted by molar-refractivity contribution is 0.0996. The van der Waals surface area contributed by atoms with Crippen molar-refractivity contribution in [2.45, 2.75) is 19.8 Å². The van der Waals surface area contributed by atoms with E-state index in [2.05, 4.69) is 47.2 Å². The largest absolute Gasteiger partial charge is 0.493 e. The number of aryl methyl sites for hydroxylation is 1. The highest BCUT2D eigenvalue weighted by atomic mass is 16.5. The van der Waals surface area contributed by atoms with Gasteiger partial charge in [-0.15, -0.1) is 0 Å². The maximum Gasteiger partial charge on any atom is 0.252 e. The van der Waals surface area contributed by atoms with Crippen molar-refractivity contribution in [3.63, 3.8) is 0 Å². The third-order valence-corrected chi connectivity index (χ3v) is 6.37. The zero-order valence-electron chi connectivity index (χ0n) is 21.9. The van der Waals surface area contributed by atoms with Crippen molar-refractivity contribution in [1.82, 2.24) is 4.57 Å². The molecule has 3 N–H and O–H groups in total. The summed E-state index contributed by atoms with van der Waals surface area (Å²) in [4.78, 5) is 11.8. The van der Waals surface area contributed by atoms with Crippen molar-refractivity contribution in [2.24, 2.45) is 12.8 Å². The van der Waals surface area contributed by atoms with Crippen molar-refractivity contribution in [1.29, 1.82) is 0 Å². The summed E-state index contributed by atoms with van der Waals surface area (Å²) in [5.41, 5.74) is 12.7. The van der Waals surface area contributed by atoms with Crippen LogP contribution in [-0.4, -0.2) is 28.8 Å². The van der Waals surface area contributed by atoms with Gasteiger partial charge in [-0.2, -0.15) is 0 Å². The molecule has 0 aliphatic carbocycles. The van der Waals surface area contributed by atoms with E-state index >= 15 is 0 Å². The molecule has 1 aromatic heterocycles. The molecule has 0 spiro atoms. The molecule has 4 aromatic carbocycles. The third kappa shape index (κ3) is 6.31. The molecule has 5 aromatic rings. The Kier molecular flexibility index (Phi) is 8.96. The number of carbonyl (C=O) groups is 1. The smallest absolute Gasteiger partial charge is 0.252 e. The number of nitrogens with two attached hydrogens (primary N) is 1. The number of nitrogens with zero attached hydrogens (tertiary/aromatic N) is 1. The fraction of sp³-hybridized carbons (Fsp3) is 0.182. The van der Waals surface area contributed by atoms with E-state index in [1.54, 1.807) is 6.07 Å². The van der Waals surface area contributed by atoms with Crippen molar-refractivity contribution in [3.05, 3.63) is 114 Å². The van der Waals surface area contributed by atoms with Crippen LogP contribution in [0.3, 0.4) is 0 Å². The number of aliphatic hydroxyl groups excluding tert-OH is 1. The summed E-state index contributed by atoms with van der Waals surface area (Å²) in [5.74, 6) is 0.0597. The topological polar surface area (TPSA) is 77.5 Å². The van der Waals surface area contributed by atoms with Crippen molar-refractivity contribution in [3.8, 4) is 28.0 Å². The first-order valence-corrected chi connectivity index (χ1v) is 12.9. The van der Waals surface area contributed by atoms with E-state index in [0.717, 1.165) is 35.1 Å². The average Bonchev–Trinajstić information content (AvgIpc) is 3.28. The summed E-state index contributed by atoms with van der Waals surface area (Å²) in [6.45, 7) is 2.80. The molecule has 1 amide bonds. The summed E-state index contributed by atoms with van der Waals surface area (Å²) in [6.07, 6.45) is 3.70. The molecule has 194 valence electrons. The van der Waals surface area contributed by atoms with Crippen LogP contribution in [0.5, 0.6) is 5.75 Å². The van der Waals surface area contributed by atoms with Gasteiger partial charge in [0.15, 0.2) is 0 Å². The highest BCUT2D eigenvalue weighted by molar-refractivity contribution is 5.97. The lowest BCUT2D eigenvalue weighted by Gasteiger charge is -2.12. The second-order valence-corrected chi connectivity index (χ2v) is 9.13. The summed E-state index contributed by atoms with van der Waals surface area (Å²) >= 11 is 0. The predicted molar refractivity (Wildman–Crippen MR) is 155 cm³/mol. The molecule has 5 rings (SSSR count). The van der Waals surface area contributed by atoms with Gasteiger partial charge in [-0.25, -0.2) is 0 Å². The first-order chi connectivity index (χ1) is 18.5. The summed E-state index contributed by atoms with van der Waals surface area (Å²) in [5, 5.41) is 10.1. The molecule has 0 saturated heterocycles. The molecular formula is C33H34N2O3. The van der Waals surface area contributed by atoms with Crippen molar-refractivity contribution < 1.29 is 14.6 Å². The minimum atomic E-state index is -0.479. The quantitative estimate of drug-likeness (QED) is 0.248. The van der Waals surface area contributed by atoms with E-state index < -0.39 is 5.91 Å². The van der Waals surface area contributed by atoms with Crippen molar-refractivity contribution >= 4 is 16.8 Å². The molecule has 5 heteroatoms. The number of benzene rings is 4. The van der Waals surface area contributed by atoms with Crippen molar-refractivity contribution in [2.75, 3.05) is 13.2 Å². The number of primary amides is 1. The van der Waals surface area contributed by atoms with Gasteiger partial charge in [0.1, 0.15) is 5.75 Å². The zero-order valence-corrected chi connectivity index (χ0v) is 21.9. The van der Waals surface area contributed by atoms with E-state index in [9.17, 15) is 4.79 Å². The molecule has 0 aliphatic rings. The molecule has 0 bridgehead atoms. The van der Waals surface area contributed by atoms with Crippen LogP contribution in [0.15, 0.2) is 103 Å². The normalized spacial score (nSPS) is 10.6. The van der Waals surface area contributed by atoms with Crippen LogP contribution in [0.25, 0.3) is 33.2 Å².